The molecule has 0 bridgehead atoms. The van der Waals surface area contributed by atoms with E-state index in [4.69, 9.17) is 0 Å². The average Bonchev–Trinajstić information content (AvgIpc) is 2.91. The Kier molecular flexibility index (Phi) is 3.29. The van der Waals surface area contributed by atoms with Gasteiger partial charge in [-0.2, -0.15) is 10.2 Å². The van der Waals surface area contributed by atoms with Crippen molar-refractivity contribution in [3.63, 3.8) is 0 Å². The molecule has 2 aromatic rings. The van der Waals surface area contributed by atoms with Crippen molar-refractivity contribution in [2.24, 2.45) is 0 Å². The van der Waals surface area contributed by atoms with Crippen LogP contribution in [0, 0.1) is 0 Å². The second-order valence-electron chi connectivity index (χ2n) is 5.23. The molecule has 0 amide bonds. The Bertz CT molecular complexity index is 538. The molecule has 7 nitrogen and oxygen atoms in total. The molecule has 0 radical (unpaired) electrons. The Morgan fingerprint density at radius 3 is 2.95 bits per heavy atom. The van der Waals surface area contributed by atoms with E-state index in [2.05, 4.69) is 39.3 Å². The molecule has 1 aliphatic rings. The largest absolute Gasteiger partial charge is 0.307 e. The number of aromatic nitrogens is 6. The van der Waals surface area contributed by atoms with Crippen LogP contribution >= 0.6 is 0 Å². The van der Waals surface area contributed by atoms with Crippen LogP contribution in [0.25, 0.3) is 0 Å². The first-order chi connectivity index (χ1) is 9.22. The number of hydrogen-bond acceptors (Lipinski definition) is 5. The van der Waals surface area contributed by atoms with Crippen molar-refractivity contribution in [1.82, 2.24) is 34.8 Å². The molecule has 0 saturated heterocycles. The smallest absolute Gasteiger partial charge is 0.164 e. The van der Waals surface area contributed by atoms with Crippen molar-refractivity contribution in [3.8, 4) is 0 Å². The van der Waals surface area contributed by atoms with Gasteiger partial charge in [0.2, 0.25) is 0 Å². The van der Waals surface area contributed by atoms with E-state index in [1.54, 1.807) is 12.7 Å². The average molecular weight is 261 g/mol. The Morgan fingerprint density at radius 1 is 1.37 bits per heavy atom. The summed E-state index contributed by atoms with van der Waals surface area (Å²) in [6.07, 6.45) is 5.89. The van der Waals surface area contributed by atoms with Gasteiger partial charge in [0.25, 0.3) is 0 Å². The van der Waals surface area contributed by atoms with E-state index in [-0.39, 0.29) is 0 Å². The lowest BCUT2D eigenvalue weighted by molar-refractivity contribution is 0.486. The fraction of sp³-hybridized carbons (Fsp3) is 0.667. The monoisotopic (exact) mass is 261 g/mol. The van der Waals surface area contributed by atoms with E-state index >= 15 is 0 Å². The van der Waals surface area contributed by atoms with Gasteiger partial charge < -0.3 is 5.32 Å². The quantitative estimate of drug-likeness (QED) is 0.830. The van der Waals surface area contributed by atoms with E-state index in [0.717, 1.165) is 18.2 Å². The third-order valence-electron chi connectivity index (χ3n) is 3.15. The molecule has 2 aromatic heterocycles. The van der Waals surface area contributed by atoms with Crippen LogP contribution in [-0.2, 0) is 13.1 Å². The summed E-state index contributed by atoms with van der Waals surface area (Å²) >= 11 is 0. The maximum atomic E-state index is 4.45. The van der Waals surface area contributed by atoms with Crippen molar-refractivity contribution in [2.45, 2.75) is 51.9 Å². The van der Waals surface area contributed by atoms with Gasteiger partial charge in [0.15, 0.2) is 5.82 Å². The van der Waals surface area contributed by atoms with Crippen LogP contribution in [0.1, 0.15) is 44.4 Å². The van der Waals surface area contributed by atoms with E-state index in [1.807, 2.05) is 9.36 Å². The summed E-state index contributed by atoms with van der Waals surface area (Å²) in [5.41, 5.74) is 0. The molecule has 0 atom stereocenters. The summed E-state index contributed by atoms with van der Waals surface area (Å²) in [6.45, 7) is 5.53. The van der Waals surface area contributed by atoms with Gasteiger partial charge in [-0.3, -0.25) is 0 Å². The van der Waals surface area contributed by atoms with Gasteiger partial charge in [-0.25, -0.2) is 19.3 Å². The summed E-state index contributed by atoms with van der Waals surface area (Å²) in [4.78, 5) is 8.58. The first kappa shape index (κ1) is 12.3. The Hall–Kier alpha value is -1.76. The number of hydrogen-bond donors (Lipinski definition) is 1. The van der Waals surface area contributed by atoms with Crippen molar-refractivity contribution < 1.29 is 0 Å². The van der Waals surface area contributed by atoms with Crippen LogP contribution in [0.15, 0.2) is 12.7 Å². The molecule has 0 aromatic carbocycles. The predicted molar refractivity (Wildman–Crippen MR) is 69.4 cm³/mol. The number of nitrogens with zero attached hydrogens (tertiary/aromatic N) is 6. The maximum absolute atomic E-state index is 4.45. The highest BCUT2D eigenvalue weighted by Gasteiger charge is 2.20. The van der Waals surface area contributed by atoms with Gasteiger partial charge in [0.1, 0.15) is 25.0 Å². The van der Waals surface area contributed by atoms with Gasteiger partial charge in [-0.05, 0) is 26.7 Å². The Labute approximate surface area is 112 Å². The predicted octanol–water partition coefficient (Wildman–Crippen LogP) is 0.751. The maximum Gasteiger partial charge on any atom is 0.164 e. The first-order valence-electron chi connectivity index (χ1n) is 6.72. The highest BCUT2D eigenvalue weighted by molar-refractivity contribution is 4.90. The molecule has 2 heterocycles. The molecule has 102 valence electrons. The molecular weight excluding hydrogens is 242 g/mol. The van der Waals surface area contributed by atoms with E-state index < -0.39 is 0 Å². The zero-order valence-corrected chi connectivity index (χ0v) is 11.3. The van der Waals surface area contributed by atoms with Gasteiger partial charge in [0, 0.05) is 12.1 Å². The minimum absolute atomic E-state index is 0.303. The summed E-state index contributed by atoms with van der Waals surface area (Å²) in [6, 6.07) is 0.980. The Morgan fingerprint density at radius 2 is 2.21 bits per heavy atom. The fourth-order valence-electron chi connectivity index (χ4n) is 1.98. The molecule has 0 aliphatic heterocycles. The van der Waals surface area contributed by atoms with Crippen LogP contribution in [0.2, 0.25) is 0 Å². The molecule has 19 heavy (non-hydrogen) atoms. The minimum Gasteiger partial charge on any atom is -0.307 e. The zero-order valence-electron chi connectivity index (χ0n) is 11.3. The lowest BCUT2D eigenvalue weighted by atomic mass is 10.4. The zero-order chi connectivity index (χ0) is 13.2. The summed E-state index contributed by atoms with van der Waals surface area (Å²) in [5.74, 6) is 1.74. The second-order valence-corrected chi connectivity index (χ2v) is 5.23. The van der Waals surface area contributed by atoms with Crippen LogP contribution in [0.3, 0.4) is 0 Å². The topological polar surface area (TPSA) is 73.5 Å². The van der Waals surface area contributed by atoms with Crippen molar-refractivity contribution in [3.05, 3.63) is 24.3 Å². The standard InChI is InChI=1S/C12H19N7/c1-9(2)19-12(14-7-16-19)6-18-8-15-11(17-18)5-13-10-3-4-10/h7-10,13H,3-6H2,1-2H3. The van der Waals surface area contributed by atoms with Crippen LogP contribution in [-0.4, -0.2) is 35.6 Å². The highest BCUT2D eigenvalue weighted by Crippen LogP contribution is 2.18. The third kappa shape index (κ3) is 2.98. The molecule has 1 aliphatic carbocycles. The molecular formula is C12H19N7. The molecule has 0 unspecified atom stereocenters. The Balaban J connectivity index is 1.63. The molecule has 1 N–H and O–H groups in total. The highest BCUT2D eigenvalue weighted by atomic mass is 15.4. The fourth-order valence-corrected chi connectivity index (χ4v) is 1.98. The van der Waals surface area contributed by atoms with Crippen LogP contribution in [0.5, 0.6) is 0 Å². The molecule has 1 saturated carbocycles. The SMILES string of the molecule is CC(C)n1ncnc1Cn1cnc(CNC2CC2)n1. The van der Waals surface area contributed by atoms with Gasteiger partial charge in [-0.1, -0.05) is 0 Å². The first-order valence-corrected chi connectivity index (χ1v) is 6.72. The van der Waals surface area contributed by atoms with Gasteiger partial charge in [-0.15, -0.1) is 0 Å². The minimum atomic E-state index is 0.303. The van der Waals surface area contributed by atoms with E-state index in [0.29, 0.717) is 18.6 Å². The lowest BCUT2D eigenvalue weighted by Crippen LogP contribution is -2.17. The van der Waals surface area contributed by atoms with Crippen LogP contribution < -0.4 is 5.32 Å². The normalized spacial score (nSPS) is 15.3. The molecule has 3 rings (SSSR count). The van der Waals surface area contributed by atoms with E-state index in [1.165, 1.54) is 12.8 Å². The van der Waals surface area contributed by atoms with Crippen molar-refractivity contribution >= 4 is 0 Å². The number of rotatable bonds is 6. The summed E-state index contributed by atoms with van der Waals surface area (Å²) in [7, 11) is 0. The third-order valence-corrected chi connectivity index (χ3v) is 3.15. The van der Waals surface area contributed by atoms with E-state index in [9.17, 15) is 0 Å². The van der Waals surface area contributed by atoms with Crippen molar-refractivity contribution in [2.75, 3.05) is 0 Å². The molecule has 1 fully saturated rings. The second kappa shape index (κ2) is 5.08. The van der Waals surface area contributed by atoms with Gasteiger partial charge >= 0.3 is 0 Å². The van der Waals surface area contributed by atoms with Crippen LogP contribution in [0.4, 0.5) is 0 Å². The van der Waals surface area contributed by atoms with Crippen molar-refractivity contribution in [1.29, 1.82) is 0 Å². The number of nitrogens with one attached hydrogen (secondary N) is 1. The molecule has 7 heteroatoms. The van der Waals surface area contributed by atoms with Gasteiger partial charge in [0.05, 0.1) is 6.54 Å². The lowest BCUT2D eigenvalue weighted by Gasteiger charge is -2.08. The summed E-state index contributed by atoms with van der Waals surface area (Å²) < 4.78 is 3.72. The summed E-state index contributed by atoms with van der Waals surface area (Å²) in [5, 5.41) is 12.1. The molecule has 0 spiro atoms.